The third-order valence-electron chi connectivity index (χ3n) is 9.20. The molecule has 2 aromatic carbocycles. The molecule has 2 aromatic rings. The molecule has 4 rings (SSSR count). The van der Waals surface area contributed by atoms with Crippen LogP contribution in [0.1, 0.15) is 126 Å². The molecule has 0 saturated heterocycles. The molecule has 2 unspecified atom stereocenters. The van der Waals surface area contributed by atoms with E-state index in [0.717, 1.165) is 24.5 Å². The van der Waals surface area contributed by atoms with Gasteiger partial charge >= 0.3 is 0 Å². The Morgan fingerprint density at radius 2 is 1.79 bits per heavy atom. The molecule has 2 saturated carbocycles. The summed E-state index contributed by atoms with van der Waals surface area (Å²) < 4.78 is 0. The maximum Gasteiger partial charge on any atom is 0.0513 e. The summed E-state index contributed by atoms with van der Waals surface area (Å²) in [5, 5.41) is 4.03. The van der Waals surface area contributed by atoms with Gasteiger partial charge in [0.15, 0.2) is 0 Å². The largest absolute Gasteiger partial charge is 0.359 e. The zero-order chi connectivity index (χ0) is 27.6. The first-order valence-electron chi connectivity index (χ1n) is 15.9. The molecule has 0 aliphatic heterocycles. The minimum absolute atomic E-state index is 0.124. The third-order valence-corrected chi connectivity index (χ3v) is 9.20. The van der Waals surface area contributed by atoms with Crippen LogP contribution in [0.3, 0.4) is 0 Å². The molecule has 0 radical (unpaired) electrons. The second kappa shape index (κ2) is 14.7. The van der Waals surface area contributed by atoms with E-state index < -0.39 is 0 Å². The number of unbranched alkanes of at least 4 members (excludes halogenated alkanes) is 1. The molecule has 0 bridgehead atoms. The van der Waals surface area contributed by atoms with E-state index in [1.54, 1.807) is 11.3 Å². The molecular formula is C37H52N2. The highest BCUT2D eigenvalue weighted by Gasteiger charge is 2.26. The van der Waals surface area contributed by atoms with Crippen LogP contribution in [0.5, 0.6) is 0 Å². The third kappa shape index (κ3) is 7.53. The summed E-state index contributed by atoms with van der Waals surface area (Å²) in [5.41, 5.74) is 11.0. The number of aryl methyl sites for hydroxylation is 1. The van der Waals surface area contributed by atoms with Crippen molar-refractivity contribution >= 4 is 11.9 Å². The Morgan fingerprint density at radius 1 is 1.00 bits per heavy atom. The topological polar surface area (TPSA) is 24.4 Å². The van der Waals surface area contributed by atoms with Crippen LogP contribution >= 0.6 is 0 Å². The quantitative estimate of drug-likeness (QED) is 0.244. The van der Waals surface area contributed by atoms with Crippen molar-refractivity contribution in [2.75, 3.05) is 5.32 Å². The number of hydrogen-bond acceptors (Lipinski definition) is 2. The van der Waals surface area contributed by atoms with E-state index in [-0.39, 0.29) is 5.92 Å². The number of anilines is 1. The monoisotopic (exact) mass is 524 g/mol. The highest BCUT2D eigenvalue weighted by Crippen LogP contribution is 2.40. The zero-order valence-corrected chi connectivity index (χ0v) is 25.4. The Bertz CT molecular complexity index is 1160. The van der Waals surface area contributed by atoms with E-state index in [0.29, 0.717) is 5.92 Å². The van der Waals surface area contributed by atoms with Crippen molar-refractivity contribution in [3.63, 3.8) is 0 Å². The van der Waals surface area contributed by atoms with Crippen LogP contribution in [0.25, 0.3) is 0 Å². The summed E-state index contributed by atoms with van der Waals surface area (Å²) in [6.45, 7) is 11.1. The number of allylic oxidation sites excluding steroid dienone is 4. The summed E-state index contributed by atoms with van der Waals surface area (Å²) in [5.74, 6) is 1.76. The summed E-state index contributed by atoms with van der Waals surface area (Å²) in [6.07, 6.45) is 20.0. The van der Waals surface area contributed by atoms with Gasteiger partial charge in [0, 0.05) is 23.3 Å². The SMILES string of the molecule is CC=N/C(=C\CCC)C(c1cccc(NC(=C2CCC2)C(CCC)CCC2CCC2)c1)c1cccc(C)c1C. The van der Waals surface area contributed by atoms with E-state index in [9.17, 15) is 0 Å². The summed E-state index contributed by atoms with van der Waals surface area (Å²) >= 11 is 0. The summed E-state index contributed by atoms with van der Waals surface area (Å²) in [7, 11) is 0. The number of nitrogens with one attached hydrogen (secondary N) is 1. The lowest BCUT2D eigenvalue weighted by Crippen LogP contribution is -2.20. The van der Waals surface area contributed by atoms with Crippen LogP contribution in [0.15, 0.2) is 70.5 Å². The van der Waals surface area contributed by atoms with Crippen molar-refractivity contribution in [1.29, 1.82) is 0 Å². The van der Waals surface area contributed by atoms with E-state index >= 15 is 0 Å². The number of benzene rings is 2. The Balaban J connectivity index is 1.69. The molecular weight excluding hydrogens is 472 g/mol. The van der Waals surface area contributed by atoms with Crippen LogP contribution in [0, 0.1) is 25.7 Å². The minimum atomic E-state index is 0.124. The Hall–Kier alpha value is -2.61. The fourth-order valence-electron chi connectivity index (χ4n) is 6.34. The smallest absolute Gasteiger partial charge is 0.0513 e. The highest BCUT2D eigenvalue weighted by molar-refractivity contribution is 5.59. The average molecular weight is 525 g/mol. The van der Waals surface area contributed by atoms with Gasteiger partial charge in [0.25, 0.3) is 0 Å². The van der Waals surface area contributed by atoms with Gasteiger partial charge in [0.1, 0.15) is 0 Å². The van der Waals surface area contributed by atoms with Crippen molar-refractivity contribution in [2.45, 2.75) is 118 Å². The average Bonchev–Trinajstić information content (AvgIpc) is 2.87. The highest BCUT2D eigenvalue weighted by atomic mass is 14.9. The van der Waals surface area contributed by atoms with Crippen molar-refractivity contribution in [3.05, 3.63) is 87.8 Å². The number of rotatable bonds is 14. The van der Waals surface area contributed by atoms with Gasteiger partial charge in [-0.15, -0.1) is 0 Å². The summed E-state index contributed by atoms with van der Waals surface area (Å²) in [6, 6.07) is 16.0. The maximum atomic E-state index is 4.94. The molecule has 2 aliphatic carbocycles. The number of aliphatic imine (C=N–C) groups is 1. The van der Waals surface area contributed by atoms with Crippen LogP contribution in [0.2, 0.25) is 0 Å². The second-order valence-electron chi connectivity index (χ2n) is 12.0. The number of nitrogens with zero attached hydrogens (tertiary/aromatic N) is 1. The van der Waals surface area contributed by atoms with Gasteiger partial charge in [0.2, 0.25) is 0 Å². The fraction of sp³-hybridized carbons (Fsp3) is 0.541. The van der Waals surface area contributed by atoms with E-state index in [4.69, 9.17) is 4.99 Å². The molecule has 2 nitrogen and oxygen atoms in total. The van der Waals surface area contributed by atoms with Crippen molar-refractivity contribution in [1.82, 2.24) is 0 Å². The standard InChI is InChI=1S/C37H52N2/c1-6-9-23-35(38-8-3)36(34-22-10-15-27(4)28(34)5)32-20-13-21-33(26-32)39-37(31-18-12-19-31)30(14-7-2)25-24-29-16-11-17-29/h8,10,13,15,20-23,26,29-30,36,39H,6-7,9,11-12,14,16-19,24-25H2,1-5H3/b35-23-,38-8?. The van der Waals surface area contributed by atoms with Crippen molar-refractivity contribution in [3.8, 4) is 0 Å². The Kier molecular flexibility index (Phi) is 11.1. The van der Waals surface area contributed by atoms with Crippen LogP contribution in [-0.2, 0) is 0 Å². The fourth-order valence-corrected chi connectivity index (χ4v) is 6.34. The first-order valence-corrected chi connectivity index (χ1v) is 15.9. The molecule has 2 heteroatoms. The molecule has 2 atom stereocenters. The molecule has 1 N–H and O–H groups in total. The van der Waals surface area contributed by atoms with Crippen LogP contribution in [-0.4, -0.2) is 6.21 Å². The van der Waals surface area contributed by atoms with Crippen LogP contribution < -0.4 is 5.32 Å². The van der Waals surface area contributed by atoms with Gasteiger partial charge in [-0.3, -0.25) is 4.99 Å². The predicted molar refractivity (Wildman–Crippen MR) is 171 cm³/mol. The van der Waals surface area contributed by atoms with Gasteiger partial charge in [-0.05, 0) is 112 Å². The predicted octanol–water partition coefficient (Wildman–Crippen LogP) is 11.1. The van der Waals surface area contributed by atoms with E-state index in [1.807, 2.05) is 13.1 Å². The first-order chi connectivity index (χ1) is 19.0. The van der Waals surface area contributed by atoms with Crippen LogP contribution in [0.4, 0.5) is 5.69 Å². The maximum absolute atomic E-state index is 4.94. The lowest BCUT2D eigenvalue weighted by molar-refractivity contribution is 0.273. The summed E-state index contributed by atoms with van der Waals surface area (Å²) in [4.78, 5) is 4.94. The van der Waals surface area contributed by atoms with Gasteiger partial charge in [0.05, 0.1) is 5.92 Å². The molecule has 39 heavy (non-hydrogen) atoms. The normalized spacial score (nSPS) is 17.6. The van der Waals surface area contributed by atoms with Gasteiger partial charge in [-0.1, -0.05) is 87.9 Å². The molecule has 210 valence electrons. The number of hydrogen-bond donors (Lipinski definition) is 1. The van der Waals surface area contributed by atoms with Crippen molar-refractivity contribution < 1.29 is 0 Å². The zero-order valence-electron chi connectivity index (χ0n) is 25.4. The molecule has 0 amide bonds. The van der Waals surface area contributed by atoms with E-state index in [2.05, 4.69) is 81.6 Å². The Labute approximate surface area is 239 Å². The van der Waals surface area contributed by atoms with Crippen molar-refractivity contribution in [2.24, 2.45) is 16.8 Å². The minimum Gasteiger partial charge on any atom is -0.359 e. The molecule has 0 heterocycles. The van der Waals surface area contributed by atoms with Gasteiger partial charge in [-0.2, -0.15) is 0 Å². The van der Waals surface area contributed by atoms with E-state index in [1.165, 1.54) is 92.1 Å². The lowest BCUT2D eigenvalue weighted by Gasteiger charge is -2.32. The second-order valence-corrected chi connectivity index (χ2v) is 12.0. The Morgan fingerprint density at radius 3 is 2.44 bits per heavy atom. The lowest BCUT2D eigenvalue weighted by atomic mass is 9.77. The van der Waals surface area contributed by atoms with Gasteiger partial charge < -0.3 is 5.32 Å². The van der Waals surface area contributed by atoms with Gasteiger partial charge in [-0.25, -0.2) is 0 Å². The first kappa shape index (κ1) is 29.4. The molecule has 0 spiro atoms. The molecule has 0 aromatic heterocycles. The molecule has 2 fully saturated rings. The molecule has 2 aliphatic rings.